The van der Waals surface area contributed by atoms with E-state index in [1.54, 1.807) is 13.0 Å². The van der Waals surface area contributed by atoms with E-state index in [2.05, 4.69) is 10.6 Å². The monoisotopic (exact) mass is 355 g/mol. The summed E-state index contributed by atoms with van der Waals surface area (Å²) < 4.78 is 23.0. The van der Waals surface area contributed by atoms with E-state index in [4.69, 9.17) is 0 Å². The van der Waals surface area contributed by atoms with Crippen molar-refractivity contribution in [2.24, 2.45) is 0 Å². The lowest BCUT2D eigenvalue weighted by Gasteiger charge is -2.09. The predicted octanol–water partition coefficient (Wildman–Crippen LogP) is 1.88. The molecular formula is C15H21N3O5S. The first-order chi connectivity index (χ1) is 11.2. The van der Waals surface area contributed by atoms with Gasteiger partial charge in [0.1, 0.15) is 5.69 Å². The van der Waals surface area contributed by atoms with Gasteiger partial charge in [-0.25, -0.2) is 8.42 Å². The molecule has 8 nitrogen and oxygen atoms in total. The second kappa shape index (κ2) is 8.44. The van der Waals surface area contributed by atoms with Gasteiger partial charge in [-0.1, -0.05) is 13.0 Å². The summed E-state index contributed by atoms with van der Waals surface area (Å²) in [6.45, 7) is 4.18. The van der Waals surface area contributed by atoms with Crippen molar-refractivity contribution in [3.8, 4) is 0 Å². The van der Waals surface area contributed by atoms with Crippen LogP contribution in [0.2, 0.25) is 0 Å². The molecule has 9 heteroatoms. The van der Waals surface area contributed by atoms with Gasteiger partial charge >= 0.3 is 0 Å². The molecule has 2 N–H and O–H groups in total. The highest BCUT2D eigenvalue weighted by Crippen LogP contribution is 2.27. The lowest BCUT2D eigenvalue weighted by molar-refractivity contribution is -0.384. The molecule has 1 rings (SSSR count). The second-order valence-corrected chi connectivity index (χ2v) is 7.20. The van der Waals surface area contributed by atoms with E-state index in [9.17, 15) is 23.3 Å². The fraction of sp³-hybridized carbons (Fsp3) is 0.400. The van der Waals surface area contributed by atoms with Crippen LogP contribution in [0, 0.1) is 10.1 Å². The highest BCUT2D eigenvalue weighted by Gasteiger charge is 2.18. The van der Waals surface area contributed by atoms with Gasteiger partial charge in [0.15, 0.2) is 9.84 Å². The molecule has 1 amide bonds. The molecule has 0 spiro atoms. The largest absolute Gasteiger partial charge is 0.378 e. The topological polar surface area (TPSA) is 118 Å². The Morgan fingerprint density at radius 3 is 2.54 bits per heavy atom. The van der Waals surface area contributed by atoms with Crippen LogP contribution >= 0.6 is 0 Å². The molecular weight excluding hydrogens is 334 g/mol. The number of hydrogen-bond acceptors (Lipinski definition) is 6. The number of sulfone groups is 1. The number of anilines is 1. The van der Waals surface area contributed by atoms with Crippen molar-refractivity contribution in [3.63, 3.8) is 0 Å². The van der Waals surface area contributed by atoms with Crippen molar-refractivity contribution in [2.45, 2.75) is 25.2 Å². The summed E-state index contributed by atoms with van der Waals surface area (Å²) in [5.41, 5.74) is 0.481. The number of rotatable bonds is 8. The first-order valence-electron chi connectivity index (χ1n) is 7.34. The van der Waals surface area contributed by atoms with Gasteiger partial charge in [-0.3, -0.25) is 14.9 Å². The molecule has 0 saturated carbocycles. The van der Waals surface area contributed by atoms with Gasteiger partial charge in [-0.05, 0) is 25.5 Å². The standard InChI is InChI=1S/C15H21N3O5S/c1-4-5-11(2)15(19)17-9-8-16-13-7-6-12(24(3,22)23)10-14(13)18(20)21/h5-7,10,16H,4,8-9H2,1-3H3,(H,17,19)/b11-5+. The average Bonchev–Trinajstić information content (AvgIpc) is 2.50. The summed E-state index contributed by atoms with van der Waals surface area (Å²) in [6.07, 6.45) is 3.55. The molecule has 0 unspecified atom stereocenters. The zero-order chi connectivity index (χ0) is 18.3. The summed E-state index contributed by atoms with van der Waals surface area (Å²) in [7, 11) is -3.52. The van der Waals surface area contributed by atoms with Gasteiger partial charge in [0.2, 0.25) is 5.91 Å². The predicted molar refractivity (Wildman–Crippen MR) is 91.8 cm³/mol. The zero-order valence-corrected chi connectivity index (χ0v) is 14.6. The van der Waals surface area contributed by atoms with Gasteiger partial charge in [0, 0.05) is 31.0 Å². The summed E-state index contributed by atoms with van der Waals surface area (Å²) in [6, 6.07) is 3.67. The fourth-order valence-electron chi connectivity index (χ4n) is 1.95. The Morgan fingerprint density at radius 2 is 2.00 bits per heavy atom. The van der Waals surface area contributed by atoms with E-state index < -0.39 is 14.8 Å². The smallest absolute Gasteiger partial charge is 0.293 e. The second-order valence-electron chi connectivity index (χ2n) is 5.19. The van der Waals surface area contributed by atoms with Gasteiger partial charge in [-0.2, -0.15) is 0 Å². The van der Waals surface area contributed by atoms with Gasteiger partial charge in [0.25, 0.3) is 5.69 Å². The number of nitrogens with one attached hydrogen (secondary N) is 2. The molecule has 0 fully saturated rings. The maximum atomic E-state index is 11.7. The van der Waals surface area contributed by atoms with E-state index in [-0.39, 0.29) is 35.3 Å². The molecule has 1 aromatic carbocycles. The van der Waals surface area contributed by atoms with Crippen LogP contribution in [-0.2, 0) is 14.6 Å². The maximum absolute atomic E-state index is 11.7. The van der Waals surface area contributed by atoms with Crippen molar-refractivity contribution in [2.75, 3.05) is 24.7 Å². The number of nitro groups is 1. The average molecular weight is 355 g/mol. The van der Waals surface area contributed by atoms with Crippen molar-refractivity contribution in [3.05, 3.63) is 40.0 Å². The summed E-state index contributed by atoms with van der Waals surface area (Å²) in [5.74, 6) is -0.194. The molecule has 0 atom stereocenters. The molecule has 0 aliphatic heterocycles. The molecule has 1 aromatic rings. The molecule has 0 saturated heterocycles. The molecule has 24 heavy (non-hydrogen) atoms. The first-order valence-corrected chi connectivity index (χ1v) is 9.23. The molecule has 0 aromatic heterocycles. The van der Waals surface area contributed by atoms with Crippen molar-refractivity contribution in [1.29, 1.82) is 0 Å². The van der Waals surface area contributed by atoms with Crippen LogP contribution in [-0.4, -0.2) is 38.6 Å². The Morgan fingerprint density at radius 1 is 1.33 bits per heavy atom. The number of amides is 1. The molecule has 0 radical (unpaired) electrons. The Kier molecular flexibility index (Phi) is 6.90. The van der Waals surface area contributed by atoms with Crippen LogP contribution in [0.4, 0.5) is 11.4 Å². The summed E-state index contributed by atoms with van der Waals surface area (Å²) >= 11 is 0. The third kappa shape index (κ3) is 5.65. The van der Waals surface area contributed by atoms with Gasteiger partial charge in [0.05, 0.1) is 9.82 Å². The Bertz CT molecular complexity index is 756. The Labute approximate surface area is 141 Å². The van der Waals surface area contributed by atoms with Gasteiger partial charge < -0.3 is 10.6 Å². The van der Waals surface area contributed by atoms with Crippen LogP contribution in [0.1, 0.15) is 20.3 Å². The minimum Gasteiger partial charge on any atom is -0.378 e. The fourth-order valence-corrected chi connectivity index (χ4v) is 2.60. The normalized spacial score (nSPS) is 11.9. The highest BCUT2D eigenvalue weighted by molar-refractivity contribution is 7.90. The lowest BCUT2D eigenvalue weighted by atomic mass is 10.2. The van der Waals surface area contributed by atoms with E-state index in [0.717, 1.165) is 18.7 Å². The van der Waals surface area contributed by atoms with Crippen LogP contribution in [0.15, 0.2) is 34.7 Å². The molecule has 0 bridgehead atoms. The lowest BCUT2D eigenvalue weighted by Crippen LogP contribution is -2.29. The number of nitro benzene ring substituents is 1. The van der Waals surface area contributed by atoms with E-state index in [1.165, 1.54) is 12.1 Å². The van der Waals surface area contributed by atoms with Gasteiger partial charge in [-0.15, -0.1) is 0 Å². The zero-order valence-electron chi connectivity index (χ0n) is 13.8. The number of benzene rings is 1. The SMILES string of the molecule is CC/C=C(\C)C(=O)NCCNc1ccc(S(C)(=O)=O)cc1[N+](=O)[O-]. The van der Waals surface area contributed by atoms with Crippen LogP contribution in [0.3, 0.4) is 0 Å². The molecule has 0 aliphatic rings. The Hall–Kier alpha value is -2.42. The number of carbonyl (C=O) groups excluding carboxylic acids is 1. The number of hydrogen-bond donors (Lipinski definition) is 2. The van der Waals surface area contributed by atoms with Crippen LogP contribution < -0.4 is 10.6 Å². The number of carbonyl (C=O) groups is 1. The maximum Gasteiger partial charge on any atom is 0.293 e. The van der Waals surface area contributed by atoms with Crippen LogP contribution in [0.5, 0.6) is 0 Å². The van der Waals surface area contributed by atoms with Crippen LogP contribution in [0.25, 0.3) is 0 Å². The number of nitrogens with zero attached hydrogens (tertiary/aromatic N) is 1. The number of allylic oxidation sites excluding steroid dienone is 1. The van der Waals surface area contributed by atoms with Crippen molar-refractivity contribution >= 4 is 27.1 Å². The Balaban J connectivity index is 2.74. The summed E-state index contributed by atoms with van der Waals surface area (Å²) in [4.78, 5) is 22.0. The molecule has 132 valence electrons. The highest BCUT2D eigenvalue weighted by atomic mass is 32.2. The minimum absolute atomic E-state index is 0.117. The summed E-state index contributed by atoms with van der Waals surface area (Å²) in [5, 5.41) is 16.6. The van der Waals surface area contributed by atoms with Crippen molar-refractivity contribution < 1.29 is 18.1 Å². The quantitative estimate of drug-likeness (QED) is 0.318. The minimum atomic E-state index is -3.52. The van der Waals surface area contributed by atoms with E-state index in [0.29, 0.717) is 5.57 Å². The molecule has 0 aliphatic carbocycles. The third-order valence-corrected chi connectivity index (χ3v) is 4.30. The third-order valence-electron chi connectivity index (χ3n) is 3.19. The van der Waals surface area contributed by atoms with Crippen molar-refractivity contribution in [1.82, 2.24) is 5.32 Å². The molecule has 0 heterocycles. The first kappa shape index (κ1) is 19.6. The van der Waals surface area contributed by atoms with E-state index >= 15 is 0 Å². The van der Waals surface area contributed by atoms with E-state index in [1.807, 2.05) is 6.92 Å².